The van der Waals surface area contributed by atoms with Crippen LogP contribution < -0.4 is 20.1 Å². The smallest absolute Gasteiger partial charge is 0.309 e. The second kappa shape index (κ2) is 9.25. The molecule has 1 atom stereocenters. The Morgan fingerprint density at radius 1 is 1.11 bits per heavy atom. The highest BCUT2D eigenvalue weighted by molar-refractivity contribution is 6.35. The van der Waals surface area contributed by atoms with E-state index in [1.54, 1.807) is 14.2 Å². The van der Waals surface area contributed by atoms with Gasteiger partial charge in [-0.1, -0.05) is 6.07 Å². The van der Waals surface area contributed by atoms with Gasteiger partial charge in [-0.15, -0.1) is 0 Å². The lowest BCUT2D eigenvalue weighted by atomic mass is 10.1. The number of nitrogens with one attached hydrogen (secondary N) is 2. The Morgan fingerprint density at radius 3 is 2.54 bits per heavy atom. The average Bonchev–Trinajstić information content (AvgIpc) is 3.35. The van der Waals surface area contributed by atoms with E-state index < -0.39 is 17.6 Å². The molecule has 3 rings (SSSR count). The minimum absolute atomic E-state index is 0.207. The monoisotopic (exact) mass is 392 g/mol. The van der Waals surface area contributed by atoms with Crippen molar-refractivity contribution in [3.05, 3.63) is 23.8 Å². The van der Waals surface area contributed by atoms with Gasteiger partial charge in [0.2, 0.25) is 0 Å². The van der Waals surface area contributed by atoms with E-state index in [0.717, 1.165) is 31.2 Å². The fourth-order valence-electron chi connectivity index (χ4n) is 3.62. The van der Waals surface area contributed by atoms with Gasteiger partial charge in [0, 0.05) is 25.9 Å². The minimum atomic E-state index is -0.664. The molecule has 1 heterocycles. The maximum Gasteiger partial charge on any atom is 0.309 e. The van der Waals surface area contributed by atoms with Gasteiger partial charge < -0.3 is 29.6 Å². The number of carbonyl (C=O) groups excluding carboxylic acids is 2. The summed E-state index contributed by atoms with van der Waals surface area (Å²) in [6.45, 7) is 1.05. The molecule has 8 heteroatoms. The maximum atomic E-state index is 12.0. The summed E-state index contributed by atoms with van der Waals surface area (Å²) in [5.41, 5.74) is 0.969. The molecule has 1 spiro atoms. The summed E-state index contributed by atoms with van der Waals surface area (Å²) in [6.07, 6.45) is 4.36. The third kappa shape index (κ3) is 4.94. The van der Waals surface area contributed by atoms with Crippen molar-refractivity contribution in [3.8, 4) is 11.5 Å². The Hall–Kier alpha value is -2.32. The summed E-state index contributed by atoms with van der Waals surface area (Å²) in [5.74, 6) is -0.509. The van der Waals surface area contributed by atoms with Crippen molar-refractivity contribution < 1.29 is 28.5 Å². The first-order valence-corrected chi connectivity index (χ1v) is 9.64. The molecular formula is C20H28N2O6. The van der Waals surface area contributed by atoms with E-state index in [1.165, 1.54) is 0 Å². The number of amides is 2. The van der Waals surface area contributed by atoms with Gasteiger partial charge in [0.05, 0.1) is 20.8 Å². The third-order valence-corrected chi connectivity index (χ3v) is 5.12. The lowest BCUT2D eigenvalue weighted by Crippen LogP contribution is -2.44. The predicted molar refractivity (Wildman–Crippen MR) is 101 cm³/mol. The van der Waals surface area contributed by atoms with Crippen molar-refractivity contribution in [2.45, 2.75) is 44.0 Å². The average molecular weight is 392 g/mol. The molecule has 28 heavy (non-hydrogen) atoms. The maximum absolute atomic E-state index is 12.0. The molecule has 1 saturated heterocycles. The molecule has 1 unspecified atom stereocenters. The Labute approximate surface area is 164 Å². The van der Waals surface area contributed by atoms with E-state index in [1.807, 2.05) is 18.2 Å². The van der Waals surface area contributed by atoms with Crippen LogP contribution in [0.25, 0.3) is 0 Å². The topological polar surface area (TPSA) is 95.1 Å². The number of carbonyl (C=O) groups is 2. The lowest BCUT2D eigenvalue weighted by Gasteiger charge is -2.21. The predicted octanol–water partition coefficient (Wildman–Crippen LogP) is 1.16. The zero-order valence-corrected chi connectivity index (χ0v) is 16.4. The quantitative estimate of drug-likeness (QED) is 0.677. The molecule has 0 bridgehead atoms. The highest BCUT2D eigenvalue weighted by Crippen LogP contribution is 2.38. The van der Waals surface area contributed by atoms with Crippen molar-refractivity contribution in [1.29, 1.82) is 0 Å². The van der Waals surface area contributed by atoms with Crippen LogP contribution in [0.4, 0.5) is 0 Å². The highest BCUT2D eigenvalue weighted by Gasteiger charge is 2.43. The zero-order valence-electron chi connectivity index (χ0n) is 16.4. The molecule has 1 aromatic rings. The molecule has 2 aliphatic rings. The van der Waals surface area contributed by atoms with Gasteiger partial charge in [-0.3, -0.25) is 9.59 Å². The van der Waals surface area contributed by atoms with Gasteiger partial charge in [-0.2, -0.15) is 0 Å². The van der Waals surface area contributed by atoms with Crippen LogP contribution in [0.5, 0.6) is 11.5 Å². The Morgan fingerprint density at radius 2 is 1.82 bits per heavy atom. The SMILES string of the molecule is COc1ccc(CCNC(=O)C(=O)NCC2COC3(CCCC3)O2)cc1OC. The number of methoxy groups -OCH3 is 2. The second-order valence-corrected chi connectivity index (χ2v) is 7.07. The molecule has 0 radical (unpaired) electrons. The van der Waals surface area contributed by atoms with Gasteiger partial charge in [-0.05, 0) is 37.0 Å². The molecule has 2 fully saturated rings. The second-order valence-electron chi connectivity index (χ2n) is 7.07. The summed E-state index contributed by atoms with van der Waals surface area (Å²) in [5, 5.41) is 5.25. The van der Waals surface area contributed by atoms with Gasteiger partial charge in [0.15, 0.2) is 17.3 Å². The van der Waals surface area contributed by atoms with Crippen LogP contribution in [0, 0.1) is 0 Å². The summed E-state index contributed by atoms with van der Waals surface area (Å²) in [7, 11) is 3.15. The van der Waals surface area contributed by atoms with Crippen LogP contribution in [-0.2, 0) is 25.5 Å². The molecule has 2 amide bonds. The number of rotatable bonds is 7. The number of benzene rings is 1. The molecule has 1 aromatic carbocycles. The number of hydrogen-bond donors (Lipinski definition) is 2. The van der Waals surface area contributed by atoms with E-state index in [4.69, 9.17) is 18.9 Å². The van der Waals surface area contributed by atoms with Crippen molar-refractivity contribution in [3.63, 3.8) is 0 Å². The summed E-state index contributed by atoms with van der Waals surface area (Å²) < 4.78 is 22.1. The van der Waals surface area contributed by atoms with Gasteiger partial charge >= 0.3 is 11.8 Å². The van der Waals surface area contributed by atoms with Crippen molar-refractivity contribution >= 4 is 11.8 Å². The highest BCUT2D eigenvalue weighted by atomic mass is 16.7. The van der Waals surface area contributed by atoms with E-state index in [0.29, 0.717) is 31.1 Å². The van der Waals surface area contributed by atoms with Gasteiger partial charge in [0.25, 0.3) is 0 Å². The van der Waals surface area contributed by atoms with Crippen LogP contribution in [0.2, 0.25) is 0 Å². The van der Waals surface area contributed by atoms with Crippen LogP contribution in [0.1, 0.15) is 31.2 Å². The molecule has 1 saturated carbocycles. The molecule has 1 aliphatic carbocycles. The van der Waals surface area contributed by atoms with Gasteiger partial charge in [-0.25, -0.2) is 0 Å². The number of hydrogen-bond acceptors (Lipinski definition) is 6. The molecular weight excluding hydrogens is 364 g/mol. The first-order chi connectivity index (χ1) is 13.5. The van der Waals surface area contributed by atoms with E-state index >= 15 is 0 Å². The van der Waals surface area contributed by atoms with Crippen LogP contribution in [-0.4, -0.2) is 57.6 Å². The Bertz CT molecular complexity index is 702. The fraction of sp³-hybridized carbons (Fsp3) is 0.600. The number of ether oxygens (including phenoxy) is 4. The molecule has 1 aliphatic heterocycles. The Kier molecular flexibility index (Phi) is 6.74. The van der Waals surface area contributed by atoms with Crippen LogP contribution in [0.3, 0.4) is 0 Å². The molecule has 8 nitrogen and oxygen atoms in total. The molecule has 2 N–H and O–H groups in total. The van der Waals surface area contributed by atoms with Gasteiger partial charge in [0.1, 0.15) is 6.10 Å². The summed E-state index contributed by atoms with van der Waals surface area (Å²) in [6, 6.07) is 5.55. The normalized spacial score (nSPS) is 20.1. The zero-order chi connectivity index (χ0) is 20.0. The fourth-order valence-corrected chi connectivity index (χ4v) is 3.62. The standard InChI is InChI=1S/C20H28N2O6/c1-25-16-6-5-14(11-17(16)26-2)7-10-21-18(23)19(24)22-12-15-13-27-20(28-15)8-3-4-9-20/h5-6,11,15H,3-4,7-10,12-13H2,1-2H3,(H,21,23)(H,22,24). The third-order valence-electron chi connectivity index (χ3n) is 5.12. The summed E-state index contributed by atoms with van der Waals surface area (Å²) >= 11 is 0. The van der Waals surface area contributed by atoms with E-state index in [9.17, 15) is 9.59 Å². The molecule has 154 valence electrons. The minimum Gasteiger partial charge on any atom is -0.493 e. The van der Waals surface area contributed by atoms with Crippen molar-refractivity contribution in [1.82, 2.24) is 10.6 Å². The van der Waals surface area contributed by atoms with E-state index in [2.05, 4.69) is 10.6 Å². The Balaban J connectivity index is 1.37. The molecule has 0 aromatic heterocycles. The van der Waals surface area contributed by atoms with Crippen LogP contribution >= 0.6 is 0 Å². The lowest BCUT2D eigenvalue weighted by molar-refractivity contribution is -0.161. The summed E-state index contributed by atoms with van der Waals surface area (Å²) in [4.78, 5) is 24.0. The first kappa shape index (κ1) is 20.4. The van der Waals surface area contributed by atoms with Crippen molar-refractivity contribution in [2.75, 3.05) is 33.9 Å². The van der Waals surface area contributed by atoms with Crippen LogP contribution in [0.15, 0.2) is 18.2 Å². The van der Waals surface area contributed by atoms with E-state index in [-0.39, 0.29) is 12.6 Å². The first-order valence-electron chi connectivity index (χ1n) is 9.64. The van der Waals surface area contributed by atoms with Crippen molar-refractivity contribution in [2.24, 2.45) is 0 Å². The largest absolute Gasteiger partial charge is 0.493 e.